The summed E-state index contributed by atoms with van der Waals surface area (Å²) in [6.07, 6.45) is 9.30. The van der Waals surface area contributed by atoms with Crippen LogP contribution in [0.25, 0.3) is 4.96 Å². The lowest BCUT2D eigenvalue weighted by Crippen LogP contribution is -2.37. The van der Waals surface area contributed by atoms with Gasteiger partial charge in [0.25, 0.3) is 0 Å². The number of aromatic nitrogens is 2. The quantitative estimate of drug-likeness (QED) is 0.936. The van der Waals surface area contributed by atoms with Crippen LogP contribution >= 0.6 is 11.3 Å². The van der Waals surface area contributed by atoms with Crippen molar-refractivity contribution in [1.29, 1.82) is 0 Å². The molecule has 0 atom stereocenters. The van der Waals surface area contributed by atoms with Crippen LogP contribution in [0.1, 0.15) is 44.7 Å². The van der Waals surface area contributed by atoms with Crippen LogP contribution in [0.15, 0.2) is 17.8 Å². The van der Waals surface area contributed by atoms with Crippen molar-refractivity contribution in [2.24, 2.45) is 11.3 Å². The molecule has 2 heterocycles. The molecular formula is C15H20N2O2S. The summed E-state index contributed by atoms with van der Waals surface area (Å²) >= 11 is 1.59. The first-order chi connectivity index (χ1) is 9.63. The fourth-order valence-electron chi connectivity index (χ4n) is 3.31. The predicted octanol–water partition coefficient (Wildman–Crippen LogP) is 3.61. The van der Waals surface area contributed by atoms with Gasteiger partial charge >= 0.3 is 5.97 Å². The van der Waals surface area contributed by atoms with Gasteiger partial charge in [0.1, 0.15) is 0 Å². The number of carbonyl (C=O) groups is 1. The average molecular weight is 292 g/mol. The number of fused-ring (bicyclic) bond motifs is 1. The first-order valence-electron chi connectivity index (χ1n) is 7.27. The molecule has 1 fully saturated rings. The smallest absolute Gasteiger partial charge is 0.310 e. The van der Waals surface area contributed by atoms with Gasteiger partial charge in [0.15, 0.2) is 4.96 Å². The summed E-state index contributed by atoms with van der Waals surface area (Å²) in [5.74, 6) is 0.0522. The first-order valence-corrected chi connectivity index (χ1v) is 8.15. The Morgan fingerprint density at radius 1 is 1.55 bits per heavy atom. The van der Waals surface area contributed by atoms with Crippen molar-refractivity contribution < 1.29 is 9.90 Å². The lowest BCUT2D eigenvalue weighted by atomic mass is 9.67. The number of hydrogen-bond acceptors (Lipinski definition) is 3. The van der Waals surface area contributed by atoms with Gasteiger partial charge in [-0.15, -0.1) is 11.3 Å². The highest BCUT2D eigenvalue weighted by molar-refractivity contribution is 7.15. The van der Waals surface area contributed by atoms with Gasteiger partial charge < -0.3 is 5.11 Å². The first kappa shape index (κ1) is 13.6. The van der Waals surface area contributed by atoms with Crippen LogP contribution in [0.5, 0.6) is 0 Å². The van der Waals surface area contributed by atoms with E-state index < -0.39 is 11.4 Å². The molecule has 3 rings (SSSR count). The highest BCUT2D eigenvalue weighted by Gasteiger charge is 2.42. The van der Waals surface area contributed by atoms with Gasteiger partial charge in [-0.1, -0.05) is 13.3 Å². The third-order valence-electron chi connectivity index (χ3n) is 4.76. The number of hydrogen-bond donors (Lipinski definition) is 1. The topological polar surface area (TPSA) is 54.6 Å². The maximum absolute atomic E-state index is 11.8. The second-order valence-electron chi connectivity index (χ2n) is 5.94. The number of rotatable bonds is 4. The Bertz CT molecular complexity index is 580. The van der Waals surface area contributed by atoms with Crippen LogP contribution in [0.2, 0.25) is 0 Å². The minimum absolute atomic E-state index is 0.563. The van der Waals surface area contributed by atoms with Crippen LogP contribution in [0, 0.1) is 11.3 Å². The molecule has 2 aromatic heterocycles. The van der Waals surface area contributed by atoms with Crippen molar-refractivity contribution in [3.63, 3.8) is 0 Å². The van der Waals surface area contributed by atoms with Crippen molar-refractivity contribution in [2.75, 3.05) is 0 Å². The molecule has 1 saturated carbocycles. The number of nitrogens with zero attached hydrogens (tertiary/aromatic N) is 2. The Balaban J connectivity index is 1.81. The molecule has 5 heteroatoms. The van der Waals surface area contributed by atoms with E-state index >= 15 is 0 Å². The Kier molecular flexibility index (Phi) is 3.54. The van der Waals surface area contributed by atoms with Crippen LogP contribution in [-0.4, -0.2) is 20.5 Å². The van der Waals surface area contributed by atoms with Crippen molar-refractivity contribution in [2.45, 2.75) is 45.4 Å². The highest BCUT2D eigenvalue weighted by Crippen LogP contribution is 2.42. The fourth-order valence-corrected chi connectivity index (χ4v) is 4.03. The van der Waals surface area contributed by atoms with Gasteiger partial charge in [-0.2, -0.15) is 0 Å². The second kappa shape index (κ2) is 5.20. The maximum Gasteiger partial charge on any atom is 0.310 e. The van der Waals surface area contributed by atoms with E-state index in [0.29, 0.717) is 12.3 Å². The van der Waals surface area contributed by atoms with E-state index in [4.69, 9.17) is 0 Å². The van der Waals surface area contributed by atoms with E-state index in [1.165, 1.54) is 0 Å². The second-order valence-corrected chi connectivity index (χ2v) is 6.81. The van der Waals surface area contributed by atoms with Gasteiger partial charge in [-0.25, -0.2) is 4.98 Å². The molecular weight excluding hydrogens is 272 g/mol. The van der Waals surface area contributed by atoms with Crippen LogP contribution < -0.4 is 0 Å². The average Bonchev–Trinajstić information content (AvgIpc) is 3.00. The molecule has 1 N–H and O–H groups in total. The number of carboxylic acid groups (broad SMARTS) is 1. The third kappa shape index (κ3) is 2.35. The molecule has 0 amide bonds. The fraction of sp³-hybridized carbons (Fsp3) is 0.600. The van der Waals surface area contributed by atoms with Crippen LogP contribution in [-0.2, 0) is 11.2 Å². The van der Waals surface area contributed by atoms with E-state index in [-0.39, 0.29) is 0 Å². The highest BCUT2D eigenvalue weighted by atomic mass is 32.1. The van der Waals surface area contributed by atoms with Gasteiger partial charge in [-0.05, 0) is 31.6 Å². The molecule has 0 unspecified atom stereocenters. The number of thiazole rings is 1. The Labute approximate surface area is 122 Å². The lowest BCUT2D eigenvalue weighted by molar-refractivity contribution is -0.151. The predicted molar refractivity (Wildman–Crippen MR) is 79.1 cm³/mol. The van der Waals surface area contributed by atoms with Gasteiger partial charge in [-0.3, -0.25) is 9.20 Å². The zero-order valence-corrected chi connectivity index (χ0v) is 12.5. The molecule has 0 bridgehead atoms. The summed E-state index contributed by atoms with van der Waals surface area (Å²) < 4.78 is 1.98. The largest absolute Gasteiger partial charge is 0.481 e. The summed E-state index contributed by atoms with van der Waals surface area (Å²) in [7, 11) is 0. The molecule has 20 heavy (non-hydrogen) atoms. The molecule has 0 spiro atoms. The Hall–Kier alpha value is -1.36. The van der Waals surface area contributed by atoms with Gasteiger partial charge in [0, 0.05) is 24.2 Å². The minimum Gasteiger partial charge on any atom is -0.481 e. The van der Waals surface area contributed by atoms with Crippen molar-refractivity contribution in [3.8, 4) is 0 Å². The number of aliphatic carboxylic acids is 1. The molecule has 0 saturated heterocycles. The molecule has 4 nitrogen and oxygen atoms in total. The zero-order chi connectivity index (χ0) is 14.2. The Morgan fingerprint density at radius 2 is 2.30 bits per heavy atom. The lowest BCUT2D eigenvalue weighted by Gasteiger charge is -2.36. The van der Waals surface area contributed by atoms with E-state index in [1.807, 2.05) is 22.2 Å². The van der Waals surface area contributed by atoms with Crippen molar-refractivity contribution >= 4 is 22.3 Å². The molecule has 1 aliphatic rings. The van der Waals surface area contributed by atoms with Gasteiger partial charge in [0.05, 0.1) is 11.1 Å². The van der Waals surface area contributed by atoms with Crippen molar-refractivity contribution in [3.05, 3.63) is 23.5 Å². The molecule has 108 valence electrons. The van der Waals surface area contributed by atoms with E-state index in [9.17, 15) is 9.90 Å². The van der Waals surface area contributed by atoms with E-state index in [1.54, 1.807) is 11.3 Å². The summed E-state index contributed by atoms with van der Waals surface area (Å²) in [6, 6.07) is 0. The van der Waals surface area contributed by atoms with E-state index in [2.05, 4.69) is 11.9 Å². The molecule has 1 aliphatic carbocycles. The van der Waals surface area contributed by atoms with Gasteiger partial charge in [0.2, 0.25) is 0 Å². The monoisotopic (exact) mass is 292 g/mol. The third-order valence-corrected chi connectivity index (χ3v) is 5.53. The standard InChI is InChI=1S/C15H20N2O2S/c1-2-11-3-5-15(6-4-11,13(18)19)9-12-10-17-7-8-20-14(17)16-12/h7-8,10-11H,2-6,9H2,1H3,(H,18,19). The number of carboxylic acids is 1. The molecule has 0 aromatic carbocycles. The summed E-state index contributed by atoms with van der Waals surface area (Å²) in [5.41, 5.74) is 0.310. The SMILES string of the molecule is CCC1CCC(Cc2cn3ccsc3n2)(C(=O)O)CC1. The maximum atomic E-state index is 11.8. The summed E-state index contributed by atoms with van der Waals surface area (Å²) in [4.78, 5) is 17.3. The molecule has 0 radical (unpaired) electrons. The van der Waals surface area contributed by atoms with Crippen LogP contribution in [0.4, 0.5) is 0 Å². The van der Waals surface area contributed by atoms with Crippen LogP contribution in [0.3, 0.4) is 0 Å². The van der Waals surface area contributed by atoms with Crippen molar-refractivity contribution in [1.82, 2.24) is 9.38 Å². The normalized spacial score (nSPS) is 26.9. The summed E-state index contributed by atoms with van der Waals surface area (Å²) in [6.45, 7) is 2.20. The summed E-state index contributed by atoms with van der Waals surface area (Å²) in [5, 5.41) is 11.7. The molecule has 0 aliphatic heterocycles. The number of imidazole rings is 1. The molecule has 2 aromatic rings. The van der Waals surface area contributed by atoms with E-state index in [0.717, 1.165) is 42.8 Å². The Morgan fingerprint density at radius 3 is 2.90 bits per heavy atom. The zero-order valence-electron chi connectivity index (χ0n) is 11.7. The minimum atomic E-state index is -0.650.